The zero-order valence-electron chi connectivity index (χ0n) is 7.77. The van der Waals surface area contributed by atoms with Crippen molar-refractivity contribution in [2.24, 2.45) is 5.73 Å². The smallest absolute Gasteiger partial charge is 0.162 e. The summed E-state index contributed by atoms with van der Waals surface area (Å²) in [5.41, 5.74) is 5.28. The average molecular weight is 185 g/mol. The summed E-state index contributed by atoms with van der Waals surface area (Å²) in [4.78, 5) is 0. The Hall–Kier alpha value is -0.960. The molecule has 0 radical (unpaired) electrons. The maximum atomic E-state index is 13.3. The Morgan fingerprint density at radius 3 is 2.46 bits per heavy atom. The molecule has 3 heteroatoms. The summed E-state index contributed by atoms with van der Waals surface area (Å²) in [6, 6.07) is 4.15. The molecule has 0 saturated carbocycles. The molecule has 13 heavy (non-hydrogen) atoms. The number of hydrogen-bond donors (Lipinski definition) is 1. The Morgan fingerprint density at radius 2 is 1.92 bits per heavy atom. The highest BCUT2D eigenvalue weighted by Gasteiger charge is 2.23. The summed E-state index contributed by atoms with van der Waals surface area (Å²) in [5, 5.41) is 0. The third-order valence-corrected chi connectivity index (χ3v) is 2.19. The molecular formula is C10H13F2N. The first-order chi connectivity index (χ1) is 5.99. The van der Waals surface area contributed by atoms with Crippen LogP contribution in [0.1, 0.15) is 19.4 Å². The second kappa shape index (κ2) is 3.42. The predicted molar refractivity (Wildman–Crippen MR) is 48.4 cm³/mol. The van der Waals surface area contributed by atoms with Gasteiger partial charge in [0.15, 0.2) is 11.6 Å². The maximum Gasteiger partial charge on any atom is 0.162 e. The minimum absolute atomic E-state index is 0.285. The minimum atomic E-state index is -0.820. The van der Waals surface area contributed by atoms with Crippen molar-refractivity contribution in [3.63, 3.8) is 0 Å². The van der Waals surface area contributed by atoms with Crippen molar-refractivity contribution in [2.45, 2.75) is 19.3 Å². The van der Waals surface area contributed by atoms with Crippen LogP contribution in [0.5, 0.6) is 0 Å². The number of nitrogens with two attached hydrogens (primary N) is 1. The molecular weight excluding hydrogens is 172 g/mol. The van der Waals surface area contributed by atoms with Crippen LogP contribution >= 0.6 is 0 Å². The second-order valence-electron chi connectivity index (χ2n) is 3.69. The van der Waals surface area contributed by atoms with E-state index in [1.807, 2.05) is 0 Å². The van der Waals surface area contributed by atoms with Gasteiger partial charge < -0.3 is 5.73 Å². The van der Waals surface area contributed by atoms with Crippen LogP contribution in [0.2, 0.25) is 0 Å². The standard InChI is InChI=1S/C10H13F2N/c1-10(2,6-13)7-4-3-5-8(11)9(7)12/h3-5H,6,13H2,1-2H3. The normalized spacial score (nSPS) is 11.8. The van der Waals surface area contributed by atoms with Gasteiger partial charge in [-0.15, -0.1) is 0 Å². The number of hydrogen-bond acceptors (Lipinski definition) is 1. The van der Waals surface area contributed by atoms with Crippen LogP contribution in [0, 0.1) is 11.6 Å². The van der Waals surface area contributed by atoms with E-state index in [9.17, 15) is 8.78 Å². The highest BCUT2D eigenvalue weighted by atomic mass is 19.2. The van der Waals surface area contributed by atoms with Gasteiger partial charge in [-0.2, -0.15) is 0 Å². The fraction of sp³-hybridized carbons (Fsp3) is 0.400. The molecule has 0 saturated heterocycles. The van der Waals surface area contributed by atoms with E-state index in [1.54, 1.807) is 19.9 Å². The van der Waals surface area contributed by atoms with Crippen molar-refractivity contribution in [2.75, 3.05) is 6.54 Å². The van der Waals surface area contributed by atoms with E-state index in [2.05, 4.69) is 0 Å². The van der Waals surface area contributed by atoms with E-state index in [0.29, 0.717) is 5.56 Å². The molecule has 0 spiro atoms. The molecule has 0 fully saturated rings. The second-order valence-corrected chi connectivity index (χ2v) is 3.69. The molecule has 0 atom stereocenters. The summed E-state index contributed by atoms with van der Waals surface area (Å²) < 4.78 is 26.1. The van der Waals surface area contributed by atoms with Gasteiger partial charge in [-0.1, -0.05) is 26.0 Å². The van der Waals surface area contributed by atoms with Crippen molar-refractivity contribution in [3.8, 4) is 0 Å². The van der Waals surface area contributed by atoms with Crippen LogP contribution in [-0.4, -0.2) is 6.54 Å². The van der Waals surface area contributed by atoms with Crippen LogP contribution in [0.25, 0.3) is 0 Å². The monoisotopic (exact) mass is 185 g/mol. The lowest BCUT2D eigenvalue weighted by molar-refractivity contribution is 0.451. The molecule has 2 N–H and O–H groups in total. The molecule has 1 aromatic rings. The topological polar surface area (TPSA) is 26.0 Å². The molecule has 0 aromatic heterocycles. The lowest BCUT2D eigenvalue weighted by Gasteiger charge is -2.23. The first-order valence-electron chi connectivity index (χ1n) is 4.13. The number of benzene rings is 1. The average Bonchev–Trinajstić information content (AvgIpc) is 2.09. The van der Waals surface area contributed by atoms with Crippen LogP contribution in [-0.2, 0) is 5.41 Å². The van der Waals surface area contributed by atoms with Gasteiger partial charge in [-0.05, 0) is 11.6 Å². The van der Waals surface area contributed by atoms with Gasteiger partial charge in [0.05, 0.1) is 0 Å². The van der Waals surface area contributed by atoms with Crippen LogP contribution < -0.4 is 5.73 Å². The molecule has 0 amide bonds. The quantitative estimate of drug-likeness (QED) is 0.751. The van der Waals surface area contributed by atoms with Gasteiger partial charge in [0, 0.05) is 12.0 Å². The highest BCUT2D eigenvalue weighted by Crippen LogP contribution is 2.25. The minimum Gasteiger partial charge on any atom is -0.330 e. The SMILES string of the molecule is CC(C)(CN)c1cccc(F)c1F. The predicted octanol–water partition coefficient (Wildman–Crippen LogP) is 2.20. The lowest BCUT2D eigenvalue weighted by Crippen LogP contribution is -2.29. The van der Waals surface area contributed by atoms with Gasteiger partial charge in [-0.3, -0.25) is 0 Å². The molecule has 0 aliphatic carbocycles. The summed E-state index contributed by atoms with van der Waals surface area (Å²) in [6.07, 6.45) is 0. The van der Waals surface area contributed by atoms with Crippen molar-refractivity contribution in [1.29, 1.82) is 0 Å². The van der Waals surface area contributed by atoms with E-state index >= 15 is 0 Å². The van der Waals surface area contributed by atoms with E-state index in [-0.39, 0.29) is 6.54 Å². The molecule has 0 unspecified atom stereocenters. The summed E-state index contributed by atoms with van der Waals surface area (Å²) in [5.74, 6) is -1.61. The number of halogens is 2. The van der Waals surface area contributed by atoms with E-state index in [4.69, 9.17) is 5.73 Å². The van der Waals surface area contributed by atoms with Crippen LogP contribution in [0.3, 0.4) is 0 Å². The largest absolute Gasteiger partial charge is 0.330 e. The molecule has 0 heterocycles. The molecule has 0 aliphatic rings. The molecule has 1 aromatic carbocycles. The summed E-state index contributed by atoms with van der Waals surface area (Å²) in [7, 11) is 0. The fourth-order valence-corrected chi connectivity index (χ4v) is 1.14. The van der Waals surface area contributed by atoms with Crippen LogP contribution in [0.4, 0.5) is 8.78 Å². The van der Waals surface area contributed by atoms with Crippen LogP contribution in [0.15, 0.2) is 18.2 Å². The Kier molecular flexibility index (Phi) is 2.66. The van der Waals surface area contributed by atoms with E-state index in [0.717, 1.165) is 6.07 Å². The number of rotatable bonds is 2. The first-order valence-corrected chi connectivity index (χ1v) is 4.13. The van der Waals surface area contributed by atoms with Crippen molar-refractivity contribution in [3.05, 3.63) is 35.4 Å². The van der Waals surface area contributed by atoms with E-state index in [1.165, 1.54) is 6.07 Å². The van der Waals surface area contributed by atoms with Gasteiger partial charge in [0.2, 0.25) is 0 Å². The maximum absolute atomic E-state index is 13.3. The summed E-state index contributed by atoms with van der Waals surface area (Å²) >= 11 is 0. The Bertz CT molecular complexity index is 308. The zero-order valence-corrected chi connectivity index (χ0v) is 7.77. The Balaban J connectivity index is 3.22. The molecule has 0 bridgehead atoms. The van der Waals surface area contributed by atoms with Crippen molar-refractivity contribution in [1.82, 2.24) is 0 Å². The van der Waals surface area contributed by atoms with Gasteiger partial charge in [0.1, 0.15) is 0 Å². The molecule has 1 nitrogen and oxygen atoms in total. The fourth-order valence-electron chi connectivity index (χ4n) is 1.14. The van der Waals surface area contributed by atoms with Gasteiger partial charge >= 0.3 is 0 Å². The van der Waals surface area contributed by atoms with Gasteiger partial charge in [-0.25, -0.2) is 8.78 Å². The van der Waals surface area contributed by atoms with Crippen molar-refractivity contribution >= 4 is 0 Å². The third kappa shape index (κ3) is 1.86. The summed E-state index contributed by atoms with van der Waals surface area (Å²) in [6.45, 7) is 3.85. The van der Waals surface area contributed by atoms with Gasteiger partial charge in [0.25, 0.3) is 0 Å². The molecule has 1 rings (SSSR count). The first kappa shape index (κ1) is 10.1. The zero-order chi connectivity index (χ0) is 10.1. The lowest BCUT2D eigenvalue weighted by atomic mass is 9.84. The highest BCUT2D eigenvalue weighted by molar-refractivity contribution is 5.26. The molecule has 72 valence electrons. The third-order valence-electron chi connectivity index (χ3n) is 2.19. The Labute approximate surface area is 76.6 Å². The molecule has 0 aliphatic heterocycles. The van der Waals surface area contributed by atoms with E-state index < -0.39 is 17.0 Å². The Morgan fingerprint density at radius 1 is 1.31 bits per heavy atom. The van der Waals surface area contributed by atoms with Crippen molar-refractivity contribution < 1.29 is 8.78 Å².